The highest BCUT2D eigenvalue weighted by atomic mass is 16.5. The number of carbonyl (C=O) groups excluding carboxylic acids is 1. The van der Waals surface area contributed by atoms with E-state index >= 15 is 0 Å². The smallest absolute Gasteiger partial charge is 0.228 e. The van der Waals surface area contributed by atoms with Crippen LogP contribution >= 0.6 is 0 Å². The summed E-state index contributed by atoms with van der Waals surface area (Å²) in [6.07, 6.45) is 4.58. The highest BCUT2D eigenvalue weighted by Gasteiger charge is 2.32. The van der Waals surface area contributed by atoms with Gasteiger partial charge in [-0.05, 0) is 51.6 Å². The van der Waals surface area contributed by atoms with Gasteiger partial charge in [0.25, 0.3) is 0 Å². The third-order valence-corrected chi connectivity index (χ3v) is 4.29. The van der Waals surface area contributed by atoms with Crippen molar-refractivity contribution in [3.05, 3.63) is 0 Å². The van der Waals surface area contributed by atoms with Crippen LogP contribution in [0.3, 0.4) is 0 Å². The summed E-state index contributed by atoms with van der Waals surface area (Å²) in [5, 5.41) is 3.39. The van der Waals surface area contributed by atoms with Gasteiger partial charge in [-0.15, -0.1) is 0 Å². The molecule has 4 nitrogen and oxygen atoms in total. The number of hydrogen-bond acceptors (Lipinski definition) is 3. The fourth-order valence-corrected chi connectivity index (χ4v) is 3.18. The Kier molecular flexibility index (Phi) is 5.64. The number of ether oxygens (including phenoxy) is 1. The second kappa shape index (κ2) is 7.25. The van der Waals surface area contributed by atoms with Crippen LogP contribution in [0.5, 0.6) is 0 Å². The van der Waals surface area contributed by atoms with Crippen LogP contribution < -0.4 is 5.32 Å². The lowest BCUT2D eigenvalue weighted by atomic mass is 9.96. The van der Waals surface area contributed by atoms with Crippen LogP contribution in [0.2, 0.25) is 0 Å². The summed E-state index contributed by atoms with van der Waals surface area (Å²) in [4.78, 5) is 14.7. The molecule has 0 aliphatic carbocycles. The molecule has 19 heavy (non-hydrogen) atoms. The first-order valence-corrected chi connectivity index (χ1v) is 7.81. The first kappa shape index (κ1) is 14.8. The lowest BCUT2D eigenvalue weighted by molar-refractivity contribution is -0.136. The molecule has 0 aromatic heterocycles. The maximum absolute atomic E-state index is 12.6. The third-order valence-electron chi connectivity index (χ3n) is 4.29. The molecule has 110 valence electrons. The van der Waals surface area contributed by atoms with Gasteiger partial charge in [0.1, 0.15) is 0 Å². The number of rotatable bonds is 5. The molecule has 0 saturated carbocycles. The van der Waals surface area contributed by atoms with Crippen molar-refractivity contribution in [2.24, 2.45) is 11.8 Å². The molecule has 1 amide bonds. The molecule has 2 aliphatic heterocycles. The maximum Gasteiger partial charge on any atom is 0.228 e. The highest BCUT2D eigenvalue weighted by Crippen LogP contribution is 2.23. The van der Waals surface area contributed by atoms with E-state index < -0.39 is 0 Å². The van der Waals surface area contributed by atoms with E-state index in [1.54, 1.807) is 0 Å². The molecule has 4 heteroatoms. The molecule has 0 aromatic rings. The lowest BCUT2D eigenvalue weighted by Crippen LogP contribution is -2.42. The Labute approximate surface area is 116 Å². The zero-order valence-electron chi connectivity index (χ0n) is 12.4. The Bertz CT molecular complexity index is 290. The van der Waals surface area contributed by atoms with Crippen molar-refractivity contribution in [3.8, 4) is 0 Å². The standard InChI is InChI=1S/C15H28N2O2/c1-3-8-17(10-13-4-6-16-7-5-13)15(18)14-9-12(2)19-11-14/h12-14,16H,3-11H2,1-2H3. The molecule has 2 unspecified atom stereocenters. The summed E-state index contributed by atoms with van der Waals surface area (Å²) in [6.45, 7) is 8.87. The average molecular weight is 268 g/mol. The zero-order chi connectivity index (χ0) is 13.7. The van der Waals surface area contributed by atoms with E-state index in [-0.39, 0.29) is 12.0 Å². The molecule has 2 heterocycles. The summed E-state index contributed by atoms with van der Waals surface area (Å²) < 4.78 is 5.55. The average Bonchev–Trinajstić information content (AvgIpc) is 2.85. The van der Waals surface area contributed by atoms with Gasteiger partial charge in [-0.25, -0.2) is 0 Å². The Morgan fingerprint density at radius 3 is 2.68 bits per heavy atom. The van der Waals surface area contributed by atoms with E-state index in [0.717, 1.165) is 39.0 Å². The molecule has 2 aliphatic rings. The molecule has 2 fully saturated rings. The van der Waals surface area contributed by atoms with E-state index in [1.807, 2.05) is 0 Å². The van der Waals surface area contributed by atoms with Crippen LogP contribution in [0.15, 0.2) is 0 Å². The van der Waals surface area contributed by atoms with Crippen LogP contribution in [0, 0.1) is 11.8 Å². The van der Waals surface area contributed by atoms with Crippen molar-refractivity contribution in [1.29, 1.82) is 0 Å². The molecule has 2 rings (SSSR count). The van der Waals surface area contributed by atoms with Crippen LogP contribution in [-0.4, -0.2) is 49.7 Å². The molecule has 0 radical (unpaired) electrons. The van der Waals surface area contributed by atoms with Crippen molar-refractivity contribution in [3.63, 3.8) is 0 Å². The van der Waals surface area contributed by atoms with Crippen molar-refractivity contribution < 1.29 is 9.53 Å². The van der Waals surface area contributed by atoms with Gasteiger partial charge >= 0.3 is 0 Å². The van der Waals surface area contributed by atoms with Crippen molar-refractivity contribution >= 4 is 5.91 Å². The van der Waals surface area contributed by atoms with Gasteiger partial charge < -0.3 is 15.0 Å². The van der Waals surface area contributed by atoms with Gasteiger partial charge in [-0.3, -0.25) is 4.79 Å². The largest absolute Gasteiger partial charge is 0.378 e. The summed E-state index contributed by atoms with van der Waals surface area (Å²) in [7, 11) is 0. The van der Waals surface area contributed by atoms with Crippen LogP contribution in [0.25, 0.3) is 0 Å². The predicted molar refractivity (Wildman–Crippen MR) is 76.0 cm³/mol. The second-order valence-electron chi connectivity index (χ2n) is 6.05. The second-order valence-corrected chi connectivity index (χ2v) is 6.05. The topological polar surface area (TPSA) is 41.6 Å². The van der Waals surface area contributed by atoms with Crippen molar-refractivity contribution in [1.82, 2.24) is 10.2 Å². The van der Waals surface area contributed by atoms with Gasteiger partial charge in [-0.2, -0.15) is 0 Å². The molecule has 0 spiro atoms. The van der Waals surface area contributed by atoms with Gasteiger partial charge in [0, 0.05) is 13.1 Å². The van der Waals surface area contributed by atoms with E-state index in [0.29, 0.717) is 18.4 Å². The fourth-order valence-electron chi connectivity index (χ4n) is 3.18. The molecular weight excluding hydrogens is 240 g/mol. The normalized spacial score (nSPS) is 28.5. The molecule has 0 bridgehead atoms. The van der Waals surface area contributed by atoms with Crippen LogP contribution in [0.1, 0.15) is 39.5 Å². The first-order valence-electron chi connectivity index (χ1n) is 7.81. The summed E-state index contributed by atoms with van der Waals surface area (Å²) in [5.41, 5.74) is 0. The monoisotopic (exact) mass is 268 g/mol. The maximum atomic E-state index is 12.6. The van der Waals surface area contributed by atoms with E-state index in [2.05, 4.69) is 24.1 Å². The van der Waals surface area contributed by atoms with Gasteiger partial charge in [0.15, 0.2) is 0 Å². The van der Waals surface area contributed by atoms with Crippen molar-refractivity contribution in [2.75, 3.05) is 32.8 Å². The number of carbonyl (C=O) groups is 1. The lowest BCUT2D eigenvalue weighted by Gasteiger charge is -2.31. The number of amides is 1. The highest BCUT2D eigenvalue weighted by molar-refractivity contribution is 5.79. The number of piperidine rings is 1. The molecule has 0 aromatic carbocycles. The minimum absolute atomic E-state index is 0.100. The number of nitrogens with zero attached hydrogens (tertiary/aromatic N) is 1. The Morgan fingerprint density at radius 2 is 2.11 bits per heavy atom. The summed E-state index contributed by atoms with van der Waals surface area (Å²) in [6, 6.07) is 0. The predicted octanol–water partition coefficient (Wildman–Crippen LogP) is 1.65. The summed E-state index contributed by atoms with van der Waals surface area (Å²) in [5.74, 6) is 1.10. The van der Waals surface area contributed by atoms with Gasteiger partial charge in [0.2, 0.25) is 5.91 Å². The quantitative estimate of drug-likeness (QED) is 0.824. The minimum atomic E-state index is 0.100. The SMILES string of the molecule is CCCN(CC1CCNCC1)C(=O)C1COC(C)C1. The van der Waals surface area contributed by atoms with E-state index in [1.165, 1.54) is 12.8 Å². The number of hydrogen-bond donors (Lipinski definition) is 1. The number of nitrogens with one attached hydrogen (secondary N) is 1. The van der Waals surface area contributed by atoms with Gasteiger partial charge in [0.05, 0.1) is 18.6 Å². The van der Waals surface area contributed by atoms with E-state index in [9.17, 15) is 4.79 Å². The van der Waals surface area contributed by atoms with Crippen LogP contribution in [0.4, 0.5) is 0 Å². The Hall–Kier alpha value is -0.610. The van der Waals surface area contributed by atoms with E-state index in [4.69, 9.17) is 4.74 Å². The Morgan fingerprint density at radius 1 is 1.37 bits per heavy atom. The van der Waals surface area contributed by atoms with Crippen molar-refractivity contribution in [2.45, 2.75) is 45.6 Å². The van der Waals surface area contributed by atoms with Gasteiger partial charge in [-0.1, -0.05) is 6.92 Å². The molecular formula is C15H28N2O2. The fraction of sp³-hybridized carbons (Fsp3) is 0.933. The molecule has 2 atom stereocenters. The molecule has 2 saturated heterocycles. The molecule has 1 N–H and O–H groups in total. The first-order chi connectivity index (χ1) is 9.20. The third kappa shape index (κ3) is 4.18. The summed E-state index contributed by atoms with van der Waals surface area (Å²) >= 11 is 0. The Balaban J connectivity index is 1.88. The zero-order valence-corrected chi connectivity index (χ0v) is 12.4. The minimum Gasteiger partial charge on any atom is -0.378 e. The van der Waals surface area contributed by atoms with Crippen LogP contribution in [-0.2, 0) is 9.53 Å².